The molecule has 0 radical (unpaired) electrons. The second kappa shape index (κ2) is 5.85. The van der Waals surface area contributed by atoms with Crippen LogP contribution >= 0.6 is 15.9 Å². The van der Waals surface area contributed by atoms with Crippen molar-refractivity contribution in [2.45, 2.75) is 33.0 Å². The minimum atomic E-state index is -0.724. The third-order valence-corrected chi connectivity index (χ3v) is 3.27. The summed E-state index contributed by atoms with van der Waals surface area (Å²) in [7, 11) is 0. The standard InChI is InChI=1S/C13H20BrNO2/c1-4-15(9-13(2,3)17)11-6-5-10(8-16)12(14)7-11/h5-7,16-17H,4,8-9H2,1-3H3. The van der Waals surface area contributed by atoms with Crippen LogP contribution in [0.1, 0.15) is 26.3 Å². The fraction of sp³-hybridized carbons (Fsp3) is 0.538. The Kier molecular flexibility index (Phi) is 4.98. The Labute approximate surface area is 111 Å². The molecule has 1 aromatic rings. The molecule has 0 heterocycles. The smallest absolute Gasteiger partial charge is 0.0765 e. The van der Waals surface area contributed by atoms with Crippen molar-refractivity contribution in [1.82, 2.24) is 0 Å². The molecular formula is C13H20BrNO2. The number of aliphatic hydroxyl groups is 2. The molecule has 0 aliphatic rings. The number of anilines is 1. The lowest BCUT2D eigenvalue weighted by atomic mass is 10.1. The average molecular weight is 302 g/mol. The molecule has 0 unspecified atom stereocenters. The fourth-order valence-electron chi connectivity index (χ4n) is 1.71. The van der Waals surface area contributed by atoms with E-state index >= 15 is 0 Å². The summed E-state index contributed by atoms with van der Waals surface area (Å²) >= 11 is 3.44. The van der Waals surface area contributed by atoms with Crippen LogP contribution in [0, 0.1) is 0 Å². The van der Waals surface area contributed by atoms with Crippen molar-refractivity contribution in [2.24, 2.45) is 0 Å². The van der Waals surface area contributed by atoms with E-state index in [4.69, 9.17) is 5.11 Å². The molecule has 0 saturated carbocycles. The summed E-state index contributed by atoms with van der Waals surface area (Å²) in [5, 5.41) is 19.0. The summed E-state index contributed by atoms with van der Waals surface area (Å²) in [5.74, 6) is 0. The van der Waals surface area contributed by atoms with E-state index in [-0.39, 0.29) is 6.61 Å². The molecule has 0 amide bonds. The van der Waals surface area contributed by atoms with Crippen LogP contribution in [-0.4, -0.2) is 28.9 Å². The Bertz CT molecular complexity index is 374. The number of likely N-dealkylation sites (N-methyl/N-ethyl adjacent to an activating group) is 1. The van der Waals surface area contributed by atoms with Crippen molar-refractivity contribution in [3.05, 3.63) is 28.2 Å². The Morgan fingerprint density at radius 3 is 2.41 bits per heavy atom. The minimum absolute atomic E-state index is 0.0263. The monoisotopic (exact) mass is 301 g/mol. The van der Waals surface area contributed by atoms with Gasteiger partial charge in [-0.3, -0.25) is 0 Å². The number of rotatable bonds is 5. The predicted molar refractivity (Wildman–Crippen MR) is 74.2 cm³/mol. The van der Waals surface area contributed by atoms with E-state index < -0.39 is 5.60 Å². The van der Waals surface area contributed by atoms with Crippen LogP contribution in [0.3, 0.4) is 0 Å². The zero-order chi connectivity index (χ0) is 13.1. The van der Waals surface area contributed by atoms with Crippen molar-refractivity contribution < 1.29 is 10.2 Å². The van der Waals surface area contributed by atoms with Crippen LogP contribution in [0.25, 0.3) is 0 Å². The lowest BCUT2D eigenvalue weighted by Gasteiger charge is -2.30. The van der Waals surface area contributed by atoms with Crippen LogP contribution < -0.4 is 4.90 Å². The van der Waals surface area contributed by atoms with E-state index in [1.807, 2.05) is 18.2 Å². The van der Waals surface area contributed by atoms with E-state index in [9.17, 15) is 5.11 Å². The summed E-state index contributed by atoms with van der Waals surface area (Å²) in [6, 6.07) is 5.83. The summed E-state index contributed by atoms with van der Waals surface area (Å²) < 4.78 is 0.895. The van der Waals surface area contributed by atoms with E-state index in [0.717, 1.165) is 22.3 Å². The van der Waals surface area contributed by atoms with Gasteiger partial charge in [-0.1, -0.05) is 22.0 Å². The average Bonchev–Trinajstić information content (AvgIpc) is 2.24. The van der Waals surface area contributed by atoms with Gasteiger partial charge in [0.1, 0.15) is 0 Å². The van der Waals surface area contributed by atoms with Gasteiger partial charge in [0, 0.05) is 23.2 Å². The maximum atomic E-state index is 9.86. The normalized spacial score (nSPS) is 11.6. The Balaban J connectivity index is 2.93. The van der Waals surface area contributed by atoms with E-state index in [2.05, 4.69) is 27.8 Å². The van der Waals surface area contributed by atoms with Crippen molar-refractivity contribution in [2.75, 3.05) is 18.0 Å². The molecule has 4 heteroatoms. The van der Waals surface area contributed by atoms with Crippen LogP contribution in [0.15, 0.2) is 22.7 Å². The minimum Gasteiger partial charge on any atom is -0.392 e. The SMILES string of the molecule is CCN(CC(C)(C)O)c1ccc(CO)c(Br)c1. The van der Waals surface area contributed by atoms with Crippen LogP contribution in [0.4, 0.5) is 5.69 Å². The zero-order valence-corrected chi connectivity index (χ0v) is 12.2. The first kappa shape index (κ1) is 14.5. The van der Waals surface area contributed by atoms with Gasteiger partial charge in [-0.05, 0) is 38.5 Å². The van der Waals surface area contributed by atoms with E-state index in [1.165, 1.54) is 0 Å². The second-order valence-electron chi connectivity index (χ2n) is 4.76. The molecule has 0 aliphatic carbocycles. The molecule has 0 bridgehead atoms. The number of aliphatic hydroxyl groups excluding tert-OH is 1. The van der Waals surface area contributed by atoms with Gasteiger partial charge in [-0.15, -0.1) is 0 Å². The van der Waals surface area contributed by atoms with Gasteiger partial charge in [0.15, 0.2) is 0 Å². The lowest BCUT2D eigenvalue weighted by Crippen LogP contribution is -2.38. The van der Waals surface area contributed by atoms with E-state index in [0.29, 0.717) is 6.54 Å². The number of halogens is 1. The first-order chi connectivity index (χ1) is 7.87. The fourth-order valence-corrected chi connectivity index (χ4v) is 2.21. The van der Waals surface area contributed by atoms with Gasteiger partial charge in [0.2, 0.25) is 0 Å². The summed E-state index contributed by atoms with van der Waals surface area (Å²) in [5.41, 5.74) is 1.18. The Morgan fingerprint density at radius 1 is 1.35 bits per heavy atom. The summed E-state index contributed by atoms with van der Waals surface area (Å²) in [6.07, 6.45) is 0. The van der Waals surface area contributed by atoms with Crippen molar-refractivity contribution in [3.63, 3.8) is 0 Å². The highest BCUT2D eigenvalue weighted by Crippen LogP contribution is 2.25. The third kappa shape index (κ3) is 4.30. The molecule has 2 N–H and O–H groups in total. The maximum Gasteiger partial charge on any atom is 0.0765 e. The Hall–Kier alpha value is -0.580. The van der Waals surface area contributed by atoms with Gasteiger partial charge < -0.3 is 15.1 Å². The quantitative estimate of drug-likeness (QED) is 0.878. The Morgan fingerprint density at radius 2 is 2.00 bits per heavy atom. The molecule has 0 fully saturated rings. The van der Waals surface area contributed by atoms with Gasteiger partial charge in [-0.2, -0.15) is 0 Å². The molecule has 1 rings (SSSR count). The molecule has 0 spiro atoms. The number of benzene rings is 1. The number of hydrogen-bond acceptors (Lipinski definition) is 3. The van der Waals surface area contributed by atoms with Crippen molar-refractivity contribution >= 4 is 21.6 Å². The highest BCUT2D eigenvalue weighted by Gasteiger charge is 2.18. The van der Waals surface area contributed by atoms with Crippen LogP contribution in [0.5, 0.6) is 0 Å². The molecule has 0 saturated heterocycles. The first-order valence-corrected chi connectivity index (χ1v) is 6.53. The first-order valence-electron chi connectivity index (χ1n) is 5.74. The summed E-state index contributed by atoms with van der Waals surface area (Å²) in [4.78, 5) is 2.10. The van der Waals surface area contributed by atoms with Gasteiger partial charge in [-0.25, -0.2) is 0 Å². The topological polar surface area (TPSA) is 43.7 Å². The molecule has 0 aliphatic heterocycles. The van der Waals surface area contributed by atoms with Crippen molar-refractivity contribution in [1.29, 1.82) is 0 Å². The molecule has 17 heavy (non-hydrogen) atoms. The number of hydrogen-bond donors (Lipinski definition) is 2. The number of nitrogens with zero attached hydrogens (tertiary/aromatic N) is 1. The maximum absolute atomic E-state index is 9.86. The van der Waals surface area contributed by atoms with Gasteiger partial charge >= 0.3 is 0 Å². The molecular weight excluding hydrogens is 282 g/mol. The molecule has 0 aromatic heterocycles. The van der Waals surface area contributed by atoms with Crippen LogP contribution in [-0.2, 0) is 6.61 Å². The highest BCUT2D eigenvalue weighted by molar-refractivity contribution is 9.10. The molecule has 1 aromatic carbocycles. The summed E-state index contributed by atoms with van der Waals surface area (Å²) in [6.45, 7) is 7.08. The third-order valence-electron chi connectivity index (χ3n) is 2.53. The van der Waals surface area contributed by atoms with Gasteiger partial charge in [0.05, 0.1) is 12.2 Å². The van der Waals surface area contributed by atoms with Crippen molar-refractivity contribution in [3.8, 4) is 0 Å². The molecule has 3 nitrogen and oxygen atoms in total. The largest absolute Gasteiger partial charge is 0.392 e. The van der Waals surface area contributed by atoms with E-state index in [1.54, 1.807) is 13.8 Å². The lowest BCUT2D eigenvalue weighted by molar-refractivity contribution is 0.0876. The predicted octanol–water partition coefficient (Wildman–Crippen LogP) is 2.54. The molecule has 96 valence electrons. The van der Waals surface area contributed by atoms with Crippen LogP contribution in [0.2, 0.25) is 0 Å². The highest BCUT2D eigenvalue weighted by atomic mass is 79.9. The second-order valence-corrected chi connectivity index (χ2v) is 5.61. The molecule has 0 atom stereocenters. The zero-order valence-electron chi connectivity index (χ0n) is 10.6. The van der Waals surface area contributed by atoms with Gasteiger partial charge in [0.25, 0.3) is 0 Å².